The van der Waals surface area contributed by atoms with Gasteiger partial charge in [0, 0.05) is 42.1 Å². The van der Waals surface area contributed by atoms with Gasteiger partial charge < -0.3 is 15.5 Å². The molecule has 4 nitrogen and oxygen atoms in total. The Bertz CT molecular complexity index is 1120. The molecule has 0 radical (unpaired) electrons. The summed E-state index contributed by atoms with van der Waals surface area (Å²) in [5.74, 6) is -0.000304. The van der Waals surface area contributed by atoms with Crippen molar-refractivity contribution in [3.05, 3.63) is 95.1 Å². The van der Waals surface area contributed by atoms with E-state index in [1.54, 1.807) is 0 Å². The smallest absolute Gasteiger partial charge is 0.193 e. The molecular weight excluding hydrogens is 438 g/mol. The zero-order chi connectivity index (χ0) is 24.7. The number of carbonyl (C=O) groups excluding carboxylic acids is 1. The third kappa shape index (κ3) is 6.91. The van der Waals surface area contributed by atoms with Crippen LogP contribution in [-0.4, -0.2) is 30.5 Å². The second kappa shape index (κ2) is 11.3. The van der Waals surface area contributed by atoms with E-state index in [0.717, 1.165) is 18.8 Å². The van der Waals surface area contributed by atoms with E-state index in [1.165, 1.54) is 16.8 Å². The maximum Gasteiger partial charge on any atom is 0.193 e. The number of rotatable bonds is 8. The van der Waals surface area contributed by atoms with Gasteiger partial charge in [-0.15, -0.1) is 0 Å². The third-order valence-corrected chi connectivity index (χ3v) is 6.09. The summed E-state index contributed by atoms with van der Waals surface area (Å²) in [5.41, 5.74) is 5.83. The Morgan fingerprint density at radius 2 is 1.62 bits per heavy atom. The van der Waals surface area contributed by atoms with E-state index >= 15 is 0 Å². The number of hydrogen-bond acceptors (Lipinski definition) is 3. The Labute approximate surface area is 209 Å². The summed E-state index contributed by atoms with van der Waals surface area (Å²) in [4.78, 5) is 15.3. The van der Waals surface area contributed by atoms with Gasteiger partial charge in [0.05, 0.1) is 0 Å². The SMILES string of the molecule is CCN(CCNC(=S)Nc1cccc(C(=O)c2ccc(C(C)(C)C)cc2)c1)c1ccc(C)cc1. The molecule has 0 spiro atoms. The number of aryl methyl sites for hydroxylation is 1. The number of anilines is 2. The van der Waals surface area contributed by atoms with Crippen LogP contribution in [0, 0.1) is 6.92 Å². The molecule has 0 aliphatic heterocycles. The lowest BCUT2D eigenvalue weighted by Crippen LogP contribution is -2.36. The molecule has 0 unspecified atom stereocenters. The first-order valence-corrected chi connectivity index (χ1v) is 12.2. The predicted octanol–water partition coefficient (Wildman–Crippen LogP) is 6.34. The summed E-state index contributed by atoms with van der Waals surface area (Å²) in [6.07, 6.45) is 0. The van der Waals surface area contributed by atoms with Crippen molar-refractivity contribution in [3.8, 4) is 0 Å². The van der Waals surface area contributed by atoms with Crippen LogP contribution in [0.1, 0.15) is 54.7 Å². The van der Waals surface area contributed by atoms with E-state index in [1.807, 2.05) is 48.5 Å². The highest BCUT2D eigenvalue weighted by molar-refractivity contribution is 7.80. The lowest BCUT2D eigenvalue weighted by molar-refractivity contribution is 0.103. The lowest BCUT2D eigenvalue weighted by Gasteiger charge is -2.24. The Kier molecular flexibility index (Phi) is 8.46. The van der Waals surface area contributed by atoms with Gasteiger partial charge in [-0.3, -0.25) is 4.79 Å². The van der Waals surface area contributed by atoms with Crippen LogP contribution in [0.3, 0.4) is 0 Å². The number of thiocarbonyl (C=S) groups is 1. The van der Waals surface area contributed by atoms with Crippen molar-refractivity contribution < 1.29 is 4.79 Å². The van der Waals surface area contributed by atoms with Gasteiger partial charge in [-0.25, -0.2) is 0 Å². The fourth-order valence-corrected chi connectivity index (χ4v) is 3.95. The van der Waals surface area contributed by atoms with Gasteiger partial charge in [0.1, 0.15) is 0 Å². The zero-order valence-corrected chi connectivity index (χ0v) is 21.6. The molecule has 0 aliphatic carbocycles. The highest BCUT2D eigenvalue weighted by Gasteiger charge is 2.15. The van der Waals surface area contributed by atoms with Crippen LogP contribution in [0.15, 0.2) is 72.8 Å². The van der Waals surface area contributed by atoms with Crippen molar-refractivity contribution in [1.29, 1.82) is 0 Å². The van der Waals surface area contributed by atoms with Gasteiger partial charge in [-0.05, 0) is 61.3 Å². The largest absolute Gasteiger partial charge is 0.370 e. The standard InChI is InChI=1S/C29H35N3OS/c1-6-32(26-16-10-21(2)11-17-26)19-18-30-28(34)31-25-9-7-8-23(20-25)27(33)22-12-14-24(15-13-22)29(3,4)5/h7-17,20H,6,18-19H2,1-5H3,(H2,30,31,34). The van der Waals surface area contributed by atoms with Gasteiger partial charge >= 0.3 is 0 Å². The fraction of sp³-hybridized carbons (Fsp3) is 0.310. The van der Waals surface area contributed by atoms with Crippen LogP contribution in [0.2, 0.25) is 0 Å². The molecule has 2 N–H and O–H groups in total. The Balaban J connectivity index is 1.56. The van der Waals surface area contributed by atoms with Gasteiger partial charge in [-0.2, -0.15) is 0 Å². The third-order valence-electron chi connectivity index (χ3n) is 5.84. The van der Waals surface area contributed by atoms with Gasteiger partial charge in [0.2, 0.25) is 0 Å². The van der Waals surface area contributed by atoms with Crippen LogP contribution < -0.4 is 15.5 Å². The van der Waals surface area contributed by atoms with Crippen molar-refractivity contribution in [1.82, 2.24) is 5.32 Å². The molecule has 0 saturated carbocycles. The van der Waals surface area contributed by atoms with Gasteiger partial charge in [0.15, 0.2) is 10.9 Å². The first-order chi connectivity index (χ1) is 16.2. The minimum atomic E-state index is -0.000304. The Morgan fingerprint density at radius 1 is 0.941 bits per heavy atom. The maximum absolute atomic E-state index is 13.0. The second-order valence-corrected chi connectivity index (χ2v) is 9.94. The van der Waals surface area contributed by atoms with Crippen molar-refractivity contribution in [3.63, 3.8) is 0 Å². The van der Waals surface area contributed by atoms with Gasteiger partial charge in [-0.1, -0.05) is 74.9 Å². The van der Waals surface area contributed by atoms with Crippen LogP contribution in [0.25, 0.3) is 0 Å². The molecule has 5 heteroatoms. The molecule has 3 aromatic carbocycles. The Morgan fingerprint density at radius 3 is 2.24 bits per heavy atom. The van der Waals surface area contributed by atoms with Crippen molar-refractivity contribution in [2.24, 2.45) is 0 Å². The number of nitrogens with zero attached hydrogens (tertiary/aromatic N) is 1. The molecule has 0 bridgehead atoms. The van der Waals surface area contributed by atoms with Crippen molar-refractivity contribution >= 4 is 34.5 Å². The van der Waals surface area contributed by atoms with Crippen LogP contribution in [-0.2, 0) is 5.41 Å². The minimum Gasteiger partial charge on any atom is -0.370 e. The molecule has 34 heavy (non-hydrogen) atoms. The van der Waals surface area contributed by atoms with Gasteiger partial charge in [0.25, 0.3) is 0 Å². The molecule has 0 saturated heterocycles. The second-order valence-electron chi connectivity index (χ2n) is 9.53. The monoisotopic (exact) mass is 473 g/mol. The fourth-order valence-electron chi connectivity index (χ4n) is 3.73. The van der Waals surface area contributed by atoms with E-state index in [9.17, 15) is 4.79 Å². The zero-order valence-electron chi connectivity index (χ0n) is 20.8. The number of benzene rings is 3. The minimum absolute atomic E-state index is 0.000304. The van der Waals surface area contributed by atoms with Crippen LogP contribution in [0.4, 0.5) is 11.4 Å². The number of nitrogens with one attached hydrogen (secondary N) is 2. The number of likely N-dealkylation sites (N-methyl/N-ethyl adjacent to an activating group) is 1. The van der Waals surface area contributed by atoms with E-state index < -0.39 is 0 Å². The molecular formula is C29H35N3OS. The average molecular weight is 474 g/mol. The first kappa shape index (κ1) is 25.4. The number of hydrogen-bond donors (Lipinski definition) is 2. The van der Waals surface area contributed by atoms with Crippen molar-refractivity contribution in [2.45, 2.75) is 40.0 Å². The van der Waals surface area contributed by atoms with E-state index in [-0.39, 0.29) is 11.2 Å². The molecule has 0 aromatic heterocycles. The summed E-state index contributed by atoms with van der Waals surface area (Å²) in [5, 5.41) is 7.02. The molecule has 3 rings (SSSR count). The molecule has 0 heterocycles. The molecule has 0 fully saturated rings. The molecule has 3 aromatic rings. The summed E-state index contributed by atoms with van der Waals surface area (Å²) in [6.45, 7) is 13.2. The first-order valence-electron chi connectivity index (χ1n) is 11.8. The van der Waals surface area contributed by atoms with Crippen molar-refractivity contribution in [2.75, 3.05) is 29.9 Å². The number of carbonyl (C=O) groups is 1. The summed E-state index contributed by atoms with van der Waals surface area (Å²) >= 11 is 5.48. The highest BCUT2D eigenvalue weighted by atomic mass is 32.1. The summed E-state index contributed by atoms with van der Waals surface area (Å²) in [6, 6.07) is 23.9. The van der Waals surface area contributed by atoms with Crippen LogP contribution >= 0.6 is 12.2 Å². The summed E-state index contributed by atoms with van der Waals surface area (Å²) in [7, 11) is 0. The average Bonchev–Trinajstić information content (AvgIpc) is 2.82. The quantitative estimate of drug-likeness (QED) is 0.295. The van der Waals surface area contributed by atoms with E-state index in [2.05, 4.69) is 74.4 Å². The molecule has 0 aliphatic rings. The van der Waals surface area contributed by atoms with E-state index in [4.69, 9.17) is 12.2 Å². The lowest BCUT2D eigenvalue weighted by atomic mass is 9.86. The predicted molar refractivity (Wildman–Crippen MR) is 148 cm³/mol. The Hall–Kier alpha value is -3.18. The van der Waals surface area contributed by atoms with E-state index in [0.29, 0.717) is 22.8 Å². The summed E-state index contributed by atoms with van der Waals surface area (Å²) < 4.78 is 0. The maximum atomic E-state index is 13.0. The number of ketones is 1. The van der Waals surface area contributed by atoms with Crippen LogP contribution in [0.5, 0.6) is 0 Å². The normalized spacial score (nSPS) is 11.1. The molecule has 0 amide bonds. The topological polar surface area (TPSA) is 44.4 Å². The molecule has 0 atom stereocenters. The highest BCUT2D eigenvalue weighted by Crippen LogP contribution is 2.23. The molecule has 178 valence electrons.